The van der Waals surface area contributed by atoms with E-state index >= 15 is 0 Å². The van der Waals surface area contributed by atoms with Gasteiger partial charge in [-0.15, -0.1) is 0 Å². The first-order valence-electron chi connectivity index (χ1n) is 6.05. The fourth-order valence-corrected chi connectivity index (χ4v) is 1.77. The first kappa shape index (κ1) is 16.1. The average molecular weight is 306 g/mol. The maximum absolute atomic E-state index is 11.6. The first-order chi connectivity index (χ1) is 9.08. The van der Waals surface area contributed by atoms with Crippen LogP contribution in [-0.4, -0.2) is 30.3 Å². The molecule has 1 rings (SSSR count). The van der Waals surface area contributed by atoms with E-state index in [0.29, 0.717) is 22.2 Å². The molecule has 1 aromatic rings. The van der Waals surface area contributed by atoms with Crippen LogP contribution < -0.4 is 10.1 Å². The molecule has 2 N–H and O–H groups in total. The van der Waals surface area contributed by atoms with Crippen LogP contribution >= 0.6 is 23.2 Å². The lowest BCUT2D eigenvalue weighted by atomic mass is 10.2. The van der Waals surface area contributed by atoms with E-state index in [4.69, 9.17) is 33.0 Å². The molecule has 1 aromatic carbocycles. The van der Waals surface area contributed by atoms with Crippen LogP contribution in [0.4, 0.5) is 0 Å². The van der Waals surface area contributed by atoms with Crippen LogP contribution in [0.3, 0.4) is 0 Å². The molecule has 0 radical (unpaired) electrons. The third-order valence-electron chi connectivity index (χ3n) is 2.58. The van der Waals surface area contributed by atoms with Crippen molar-refractivity contribution in [2.75, 3.05) is 13.2 Å². The van der Waals surface area contributed by atoms with E-state index in [1.165, 1.54) is 0 Å². The van der Waals surface area contributed by atoms with Crippen LogP contribution in [0.2, 0.25) is 10.0 Å². The van der Waals surface area contributed by atoms with Gasteiger partial charge < -0.3 is 15.2 Å². The van der Waals surface area contributed by atoms with Crippen LogP contribution in [0.15, 0.2) is 18.2 Å². The lowest BCUT2D eigenvalue weighted by Crippen LogP contribution is -2.37. The van der Waals surface area contributed by atoms with E-state index in [9.17, 15) is 4.79 Å². The zero-order valence-corrected chi connectivity index (χ0v) is 12.2. The maximum atomic E-state index is 11.6. The quantitative estimate of drug-likeness (QED) is 0.814. The molecule has 19 heavy (non-hydrogen) atoms. The minimum Gasteiger partial charge on any atom is -0.491 e. The van der Waals surface area contributed by atoms with Gasteiger partial charge in [-0.05, 0) is 18.6 Å². The Morgan fingerprint density at radius 1 is 1.47 bits per heavy atom. The molecular weight excluding hydrogens is 289 g/mol. The molecule has 0 aromatic heterocycles. The van der Waals surface area contributed by atoms with Crippen molar-refractivity contribution in [3.63, 3.8) is 0 Å². The molecule has 6 heteroatoms. The SMILES string of the molecule is CCC(CO)NC(=O)CCOc1cccc(Cl)c1Cl. The molecule has 0 spiro atoms. The summed E-state index contributed by atoms with van der Waals surface area (Å²) in [6.45, 7) is 2.03. The number of benzene rings is 1. The van der Waals surface area contributed by atoms with Crippen LogP contribution in [0.25, 0.3) is 0 Å². The first-order valence-corrected chi connectivity index (χ1v) is 6.81. The molecule has 0 aliphatic carbocycles. The minimum absolute atomic E-state index is 0.0663. The summed E-state index contributed by atoms with van der Waals surface area (Å²) in [6.07, 6.45) is 0.878. The minimum atomic E-state index is -0.206. The Bertz CT molecular complexity index is 422. The van der Waals surface area contributed by atoms with Crippen molar-refractivity contribution in [1.29, 1.82) is 0 Å². The zero-order chi connectivity index (χ0) is 14.3. The van der Waals surface area contributed by atoms with Gasteiger partial charge in [0.15, 0.2) is 0 Å². The van der Waals surface area contributed by atoms with Crippen LogP contribution in [0.5, 0.6) is 5.75 Å². The van der Waals surface area contributed by atoms with E-state index in [2.05, 4.69) is 5.32 Å². The third-order valence-corrected chi connectivity index (χ3v) is 3.38. The summed E-state index contributed by atoms with van der Waals surface area (Å²) in [4.78, 5) is 11.6. The maximum Gasteiger partial charge on any atom is 0.223 e. The van der Waals surface area contributed by atoms with Gasteiger partial charge in [0, 0.05) is 0 Å². The summed E-state index contributed by atoms with van der Waals surface area (Å²) >= 11 is 11.8. The van der Waals surface area contributed by atoms with Gasteiger partial charge in [0.2, 0.25) is 5.91 Å². The number of halogens is 2. The van der Waals surface area contributed by atoms with Crippen molar-refractivity contribution in [1.82, 2.24) is 5.32 Å². The van der Waals surface area contributed by atoms with Crippen LogP contribution in [-0.2, 0) is 4.79 Å². The number of ether oxygens (including phenoxy) is 1. The number of rotatable bonds is 7. The number of carbonyl (C=O) groups is 1. The van der Waals surface area contributed by atoms with Crippen molar-refractivity contribution >= 4 is 29.1 Å². The molecule has 4 nitrogen and oxygen atoms in total. The number of aliphatic hydroxyl groups is 1. The van der Waals surface area contributed by atoms with E-state index in [1.807, 2.05) is 6.92 Å². The second-order valence-corrected chi connectivity index (χ2v) is 4.79. The van der Waals surface area contributed by atoms with E-state index < -0.39 is 0 Å². The topological polar surface area (TPSA) is 58.6 Å². The Labute approximate surface area is 122 Å². The highest BCUT2D eigenvalue weighted by Crippen LogP contribution is 2.31. The fourth-order valence-electron chi connectivity index (χ4n) is 1.43. The van der Waals surface area contributed by atoms with Crippen LogP contribution in [0, 0.1) is 0 Å². The van der Waals surface area contributed by atoms with Gasteiger partial charge in [-0.1, -0.05) is 36.2 Å². The van der Waals surface area contributed by atoms with Crippen molar-refractivity contribution in [3.8, 4) is 5.75 Å². The zero-order valence-electron chi connectivity index (χ0n) is 10.7. The molecule has 1 unspecified atom stereocenters. The Hall–Kier alpha value is -0.970. The van der Waals surface area contributed by atoms with Gasteiger partial charge in [-0.2, -0.15) is 0 Å². The summed E-state index contributed by atoms with van der Waals surface area (Å²) in [5, 5.41) is 12.4. The predicted molar refractivity (Wildman–Crippen MR) is 75.9 cm³/mol. The predicted octanol–water partition coefficient (Wildman–Crippen LogP) is 2.65. The number of amides is 1. The third kappa shape index (κ3) is 5.27. The van der Waals surface area contributed by atoms with E-state index in [1.54, 1.807) is 18.2 Å². The van der Waals surface area contributed by atoms with Crippen molar-refractivity contribution in [2.24, 2.45) is 0 Å². The highest BCUT2D eigenvalue weighted by molar-refractivity contribution is 6.42. The van der Waals surface area contributed by atoms with Gasteiger partial charge in [0.25, 0.3) is 0 Å². The summed E-state index contributed by atoms with van der Waals surface area (Å²) in [5.41, 5.74) is 0. The molecule has 0 aliphatic heterocycles. The van der Waals surface area contributed by atoms with Gasteiger partial charge in [0.05, 0.1) is 30.7 Å². The molecule has 1 atom stereocenters. The van der Waals surface area contributed by atoms with E-state index in [-0.39, 0.29) is 31.6 Å². The molecule has 0 bridgehead atoms. The Balaban J connectivity index is 2.38. The Morgan fingerprint density at radius 2 is 2.21 bits per heavy atom. The van der Waals surface area contributed by atoms with Crippen molar-refractivity contribution in [2.45, 2.75) is 25.8 Å². The van der Waals surface area contributed by atoms with Gasteiger partial charge in [0.1, 0.15) is 10.8 Å². The lowest BCUT2D eigenvalue weighted by Gasteiger charge is -2.14. The normalized spacial score (nSPS) is 12.0. The molecule has 106 valence electrons. The van der Waals surface area contributed by atoms with Gasteiger partial charge in [-0.3, -0.25) is 4.79 Å². The van der Waals surface area contributed by atoms with Gasteiger partial charge in [-0.25, -0.2) is 0 Å². The Kier molecular flexibility index (Phi) is 6.99. The van der Waals surface area contributed by atoms with Gasteiger partial charge >= 0.3 is 0 Å². The fraction of sp³-hybridized carbons (Fsp3) is 0.462. The lowest BCUT2D eigenvalue weighted by molar-refractivity contribution is -0.122. The second kappa shape index (κ2) is 8.25. The molecule has 0 saturated heterocycles. The summed E-state index contributed by atoms with van der Waals surface area (Å²) in [5.74, 6) is 0.287. The summed E-state index contributed by atoms with van der Waals surface area (Å²) in [6, 6.07) is 4.87. The smallest absolute Gasteiger partial charge is 0.223 e. The monoisotopic (exact) mass is 305 g/mol. The van der Waals surface area contributed by atoms with Crippen molar-refractivity contribution in [3.05, 3.63) is 28.2 Å². The molecule has 0 aliphatic rings. The second-order valence-electron chi connectivity index (χ2n) is 4.01. The number of carbonyl (C=O) groups excluding carboxylic acids is 1. The number of hydrogen-bond acceptors (Lipinski definition) is 3. The summed E-state index contributed by atoms with van der Waals surface area (Å²) < 4.78 is 5.40. The van der Waals surface area contributed by atoms with Crippen LogP contribution in [0.1, 0.15) is 19.8 Å². The average Bonchev–Trinajstić information content (AvgIpc) is 2.41. The molecule has 0 saturated carbocycles. The number of hydrogen-bond donors (Lipinski definition) is 2. The standard InChI is InChI=1S/C13H17Cl2NO3/c1-2-9(8-17)16-12(18)6-7-19-11-5-3-4-10(14)13(11)15/h3-5,9,17H,2,6-8H2,1H3,(H,16,18). The highest BCUT2D eigenvalue weighted by atomic mass is 35.5. The molecule has 1 amide bonds. The molecular formula is C13H17Cl2NO3. The number of aliphatic hydroxyl groups excluding tert-OH is 1. The van der Waals surface area contributed by atoms with Crippen molar-refractivity contribution < 1.29 is 14.6 Å². The highest BCUT2D eigenvalue weighted by Gasteiger charge is 2.10. The molecule has 0 heterocycles. The largest absolute Gasteiger partial charge is 0.491 e. The summed E-state index contributed by atoms with van der Waals surface area (Å²) in [7, 11) is 0. The Morgan fingerprint density at radius 3 is 2.84 bits per heavy atom. The van der Waals surface area contributed by atoms with E-state index in [0.717, 1.165) is 0 Å². The number of nitrogens with one attached hydrogen (secondary N) is 1. The molecule has 0 fully saturated rings.